The van der Waals surface area contributed by atoms with E-state index in [-0.39, 0.29) is 18.6 Å². The fourth-order valence-corrected chi connectivity index (χ4v) is 2.95. The molecule has 1 aromatic heterocycles. The monoisotopic (exact) mass is 391 g/mol. The number of carbonyl (C=O) groups excluding carboxylic acids is 2. The summed E-state index contributed by atoms with van der Waals surface area (Å²) in [5, 5.41) is 7.00. The number of aryl methyl sites for hydroxylation is 1. The zero-order valence-electron chi connectivity index (χ0n) is 16.7. The summed E-state index contributed by atoms with van der Waals surface area (Å²) in [5.74, 6) is -0.855. The minimum atomic E-state index is -0.522. The van der Waals surface area contributed by atoms with E-state index < -0.39 is 5.97 Å². The number of nitrogens with one attached hydrogen (secondary N) is 1. The van der Waals surface area contributed by atoms with Gasteiger partial charge in [-0.3, -0.25) is 9.48 Å². The van der Waals surface area contributed by atoms with Crippen molar-refractivity contribution >= 4 is 11.9 Å². The fourth-order valence-electron chi connectivity index (χ4n) is 2.95. The molecule has 3 rings (SSSR count). The van der Waals surface area contributed by atoms with E-state index in [2.05, 4.69) is 17.3 Å². The van der Waals surface area contributed by atoms with E-state index in [1.165, 1.54) is 5.56 Å². The Hall–Kier alpha value is -3.41. The van der Waals surface area contributed by atoms with Crippen molar-refractivity contribution in [3.63, 3.8) is 0 Å². The van der Waals surface area contributed by atoms with Crippen LogP contribution in [0.2, 0.25) is 0 Å². The van der Waals surface area contributed by atoms with Crippen LogP contribution in [0.1, 0.15) is 46.9 Å². The normalized spacial score (nSPS) is 11.7. The van der Waals surface area contributed by atoms with Gasteiger partial charge >= 0.3 is 5.97 Å². The molecule has 3 aromatic rings. The molecule has 0 bridgehead atoms. The second-order valence-corrected chi connectivity index (χ2v) is 6.86. The predicted octanol–water partition coefficient (Wildman–Crippen LogP) is 3.53. The Balaban J connectivity index is 1.47. The Morgan fingerprint density at radius 3 is 2.38 bits per heavy atom. The highest BCUT2D eigenvalue weighted by Gasteiger charge is 2.13. The number of benzene rings is 2. The smallest absolute Gasteiger partial charge is 0.338 e. The Morgan fingerprint density at radius 1 is 1.07 bits per heavy atom. The largest absolute Gasteiger partial charge is 0.452 e. The molecule has 1 unspecified atom stereocenters. The molecule has 6 heteroatoms. The van der Waals surface area contributed by atoms with Crippen LogP contribution in [0.25, 0.3) is 0 Å². The summed E-state index contributed by atoms with van der Waals surface area (Å²) >= 11 is 0. The first kappa shape index (κ1) is 20.3. The Bertz CT molecular complexity index is 933. The summed E-state index contributed by atoms with van der Waals surface area (Å²) in [5.41, 5.74) is 3.68. The van der Waals surface area contributed by atoms with Crippen molar-refractivity contribution in [3.8, 4) is 0 Å². The molecule has 2 aromatic carbocycles. The topological polar surface area (TPSA) is 73.2 Å². The lowest BCUT2D eigenvalue weighted by Gasteiger charge is -2.15. The van der Waals surface area contributed by atoms with Crippen LogP contribution in [-0.2, 0) is 22.5 Å². The maximum atomic E-state index is 12.2. The quantitative estimate of drug-likeness (QED) is 0.596. The van der Waals surface area contributed by atoms with Gasteiger partial charge in [-0.25, -0.2) is 4.79 Å². The van der Waals surface area contributed by atoms with Gasteiger partial charge in [0.1, 0.15) is 0 Å². The molecule has 150 valence electrons. The molecular weight excluding hydrogens is 366 g/mol. The fraction of sp³-hybridized carbons (Fsp3) is 0.261. The van der Waals surface area contributed by atoms with E-state index in [0.717, 1.165) is 17.5 Å². The van der Waals surface area contributed by atoms with Crippen LogP contribution in [-0.4, -0.2) is 28.3 Å². The van der Waals surface area contributed by atoms with Gasteiger partial charge in [0.15, 0.2) is 6.61 Å². The lowest BCUT2D eigenvalue weighted by Crippen LogP contribution is -2.31. The molecule has 29 heavy (non-hydrogen) atoms. The number of hydrogen-bond acceptors (Lipinski definition) is 4. The van der Waals surface area contributed by atoms with Gasteiger partial charge in [-0.05, 0) is 48.2 Å². The molecule has 0 fully saturated rings. The second kappa shape index (κ2) is 9.68. The van der Waals surface area contributed by atoms with E-state index in [1.807, 2.05) is 55.6 Å². The van der Waals surface area contributed by atoms with Gasteiger partial charge in [-0.2, -0.15) is 5.10 Å². The van der Waals surface area contributed by atoms with Gasteiger partial charge in [0, 0.05) is 12.4 Å². The molecule has 0 aliphatic rings. The maximum absolute atomic E-state index is 12.2. The SMILES string of the molecule is CCc1ccc(C(C)NC(=O)COC(=O)c2ccc(Cn3cccn3)cc2)cc1. The Labute approximate surface area is 170 Å². The van der Waals surface area contributed by atoms with Crippen molar-refractivity contribution in [1.82, 2.24) is 15.1 Å². The lowest BCUT2D eigenvalue weighted by molar-refractivity contribution is -0.124. The number of nitrogens with zero attached hydrogens (tertiary/aromatic N) is 2. The highest BCUT2D eigenvalue weighted by atomic mass is 16.5. The highest BCUT2D eigenvalue weighted by Crippen LogP contribution is 2.14. The van der Waals surface area contributed by atoms with Crippen LogP contribution in [0.4, 0.5) is 0 Å². The van der Waals surface area contributed by atoms with E-state index in [1.54, 1.807) is 23.0 Å². The van der Waals surface area contributed by atoms with Crippen LogP contribution in [0.3, 0.4) is 0 Å². The summed E-state index contributed by atoms with van der Waals surface area (Å²) < 4.78 is 6.94. The minimum absolute atomic E-state index is 0.159. The number of aromatic nitrogens is 2. The third-order valence-corrected chi connectivity index (χ3v) is 4.69. The molecule has 1 atom stereocenters. The van der Waals surface area contributed by atoms with E-state index >= 15 is 0 Å². The number of carbonyl (C=O) groups is 2. The first-order chi connectivity index (χ1) is 14.0. The molecule has 0 aliphatic heterocycles. The highest BCUT2D eigenvalue weighted by molar-refractivity contribution is 5.91. The predicted molar refractivity (Wildman–Crippen MR) is 110 cm³/mol. The number of amides is 1. The zero-order chi connectivity index (χ0) is 20.6. The molecule has 1 amide bonds. The number of ether oxygens (including phenoxy) is 1. The third-order valence-electron chi connectivity index (χ3n) is 4.69. The molecule has 0 aliphatic carbocycles. The van der Waals surface area contributed by atoms with Crippen LogP contribution in [0.5, 0.6) is 0 Å². The Kier molecular flexibility index (Phi) is 6.79. The summed E-state index contributed by atoms with van der Waals surface area (Å²) in [6.07, 6.45) is 4.57. The molecule has 1 N–H and O–H groups in total. The molecule has 0 saturated carbocycles. The van der Waals surface area contributed by atoms with Gasteiger partial charge in [0.05, 0.1) is 18.2 Å². The summed E-state index contributed by atoms with van der Waals surface area (Å²) in [6, 6.07) is 16.9. The summed E-state index contributed by atoms with van der Waals surface area (Å²) in [4.78, 5) is 24.3. The average Bonchev–Trinajstić information content (AvgIpc) is 3.25. The first-order valence-electron chi connectivity index (χ1n) is 9.67. The van der Waals surface area contributed by atoms with Crippen molar-refractivity contribution in [2.45, 2.75) is 32.9 Å². The lowest BCUT2D eigenvalue weighted by atomic mass is 10.1. The van der Waals surface area contributed by atoms with Crippen molar-refractivity contribution in [3.05, 3.63) is 89.2 Å². The van der Waals surface area contributed by atoms with Gasteiger partial charge in [0.2, 0.25) is 0 Å². The molecule has 1 heterocycles. The van der Waals surface area contributed by atoms with Crippen LogP contribution in [0, 0.1) is 0 Å². The van der Waals surface area contributed by atoms with Crippen LogP contribution >= 0.6 is 0 Å². The average molecular weight is 391 g/mol. The number of esters is 1. The summed E-state index contributed by atoms with van der Waals surface area (Å²) in [6.45, 7) is 4.31. The summed E-state index contributed by atoms with van der Waals surface area (Å²) in [7, 11) is 0. The Morgan fingerprint density at radius 2 is 1.76 bits per heavy atom. The van der Waals surface area contributed by atoms with E-state index in [0.29, 0.717) is 12.1 Å². The van der Waals surface area contributed by atoms with Crippen LogP contribution < -0.4 is 5.32 Å². The van der Waals surface area contributed by atoms with Crippen molar-refractivity contribution in [1.29, 1.82) is 0 Å². The van der Waals surface area contributed by atoms with Gasteiger partial charge in [-0.1, -0.05) is 43.3 Å². The number of rotatable bonds is 8. The van der Waals surface area contributed by atoms with Crippen molar-refractivity contribution < 1.29 is 14.3 Å². The molecule has 0 saturated heterocycles. The molecule has 6 nitrogen and oxygen atoms in total. The molecule has 0 spiro atoms. The molecular formula is C23H25N3O3. The van der Waals surface area contributed by atoms with Crippen molar-refractivity contribution in [2.24, 2.45) is 0 Å². The zero-order valence-corrected chi connectivity index (χ0v) is 16.7. The van der Waals surface area contributed by atoms with Gasteiger partial charge in [0.25, 0.3) is 5.91 Å². The minimum Gasteiger partial charge on any atom is -0.452 e. The third kappa shape index (κ3) is 5.78. The van der Waals surface area contributed by atoms with Crippen molar-refractivity contribution in [2.75, 3.05) is 6.61 Å². The maximum Gasteiger partial charge on any atom is 0.338 e. The van der Waals surface area contributed by atoms with Gasteiger partial charge in [-0.15, -0.1) is 0 Å². The number of hydrogen-bond donors (Lipinski definition) is 1. The standard InChI is InChI=1S/C23H25N3O3/c1-3-18-5-9-20(10-6-18)17(2)25-22(27)16-29-23(28)21-11-7-19(8-12-21)15-26-14-4-13-24-26/h4-14,17H,3,15-16H2,1-2H3,(H,25,27). The molecule has 0 radical (unpaired) electrons. The van der Waals surface area contributed by atoms with E-state index in [9.17, 15) is 9.59 Å². The van der Waals surface area contributed by atoms with E-state index in [4.69, 9.17) is 4.74 Å². The second-order valence-electron chi connectivity index (χ2n) is 6.86. The first-order valence-corrected chi connectivity index (χ1v) is 9.67. The van der Waals surface area contributed by atoms with Gasteiger partial charge < -0.3 is 10.1 Å². The van der Waals surface area contributed by atoms with Crippen LogP contribution in [0.15, 0.2) is 67.0 Å².